The maximum atomic E-state index is 11.6. The monoisotopic (exact) mass is 428 g/mol. The first-order valence-electron chi connectivity index (χ1n) is 11.7. The Morgan fingerprint density at radius 3 is 2.87 bits per heavy atom. The summed E-state index contributed by atoms with van der Waals surface area (Å²) in [4.78, 5) is 14.2. The predicted molar refractivity (Wildman–Crippen MR) is 114 cm³/mol. The Hall–Kier alpha value is -1.83. The van der Waals surface area contributed by atoms with Gasteiger partial charge in [-0.05, 0) is 69.5 Å². The minimum absolute atomic E-state index is 0.109. The van der Waals surface area contributed by atoms with Gasteiger partial charge in [-0.2, -0.15) is 0 Å². The van der Waals surface area contributed by atoms with Gasteiger partial charge in [-0.25, -0.2) is 0 Å². The number of carbonyl (C=O) groups is 1. The molecule has 7 heteroatoms. The molecule has 1 saturated heterocycles. The number of carboxylic acids is 1. The molecule has 5 aliphatic rings. The van der Waals surface area contributed by atoms with Crippen LogP contribution in [0.25, 0.3) is 0 Å². The Bertz CT molecular complexity index is 933. The minimum atomic E-state index is -0.860. The van der Waals surface area contributed by atoms with Crippen molar-refractivity contribution in [1.82, 2.24) is 10.2 Å². The zero-order valence-corrected chi connectivity index (χ0v) is 18.3. The van der Waals surface area contributed by atoms with E-state index in [-0.39, 0.29) is 35.0 Å². The van der Waals surface area contributed by atoms with Crippen molar-refractivity contribution in [3.8, 4) is 11.5 Å². The number of aromatic hydroxyl groups is 1. The number of hydrogen-bond donors (Lipinski definition) is 3. The molecule has 3 N–H and O–H groups in total. The largest absolute Gasteiger partial charge is 0.504 e. The molecular formula is C24H32N2O5. The third-order valence-electron chi connectivity index (χ3n) is 8.92. The van der Waals surface area contributed by atoms with Crippen LogP contribution in [0.1, 0.15) is 50.2 Å². The Balaban J connectivity index is 1.49. The van der Waals surface area contributed by atoms with E-state index in [1.807, 2.05) is 7.11 Å². The smallest absolute Gasteiger partial charge is 0.320 e. The maximum Gasteiger partial charge on any atom is 0.320 e. The second-order valence-electron chi connectivity index (χ2n) is 10.3. The van der Waals surface area contributed by atoms with Crippen LogP contribution in [0, 0.1) is 5.92 Å². The minimum Gasteiger partial charge on any atom is -0.504 e. The van der Waals surface area contributed by atoms with Crippen molar-refractivity contribution < 1.29 is 24.5 Å². The van der Waals surface area contributed by atoms with Crippen LogP contribution >= 0.6 is 0 Å². The van der Waals surface area contributed by atoms with Crippen molar-refractivity contribution in [1.29, 1.82) is 0 Å². The highest BCUT2D eigenvalue weighted by Crippen LogP contribution is 2.66. The first-order valence-corrected chi connectivity index (χ1v) is 11.7. The van der Waals surface area contributed by atoms with E-state index in [0.717, 1.165) is 50.3 Å². The summed E-state index contributed by atoms with van der Waals surface area (Å²) in [5, 5.41) is 23.5. The number of aliphatic carboxylic acids is 1. The first kappa shape index (κ1) is 19.8. The second-order valence-corrected chi connectivity index (χ2v) is 10.3. The second kappa shape index (κ2) is 6.59. The molecule has 1 spiro atoms. The van der Waals surface area contributed by atoms with Gasteiger partial charge in [0.05, 0.1) is 11.0 Å². The number of phenols is 1. The Morgan fingerprint density at radius 2 is 2.16 bits per heavy atom. The lowest BCUT2D eigenvalue weighted by Gasteiger charge is -2.65. The summed E-state index contributed by atoms with van der Waals surface area (Å²) in [6, 6.07) is 3.32. The van der Waals surface area contributed by atoms with E-state index in [9.17, 15) is 15.0 Å². The molecule has 3 aliphatic carbocycles. The van der Waals surface area contributed by atoms with Crippen molar-refractivity contribution in [2.75, 3.05) is 20.2 Å². The van der Waals surface area contributed by atoms with Crippen LogP contribution in [0.2, 0.25) is 0 Å². The summed E-state index contributed by atoms with van der Waals surface area (Å²) in [5.74, 6) is 0.719. The molecule has 0 radical (unpaired) electrons. The van der Waals surface area contributed by atoms with E-state index in [1.54, 1.807) is 13.0 Å². The maximum absolute atomic E-state index is 11.6. The van der Waals surface area contributed by atoms with Gasteiger partial charge in [0.15, 0.2) is 11.5 Å². The van der Waals surface area contributed by atoms with Crippen LogP contribution < -0.4 is 10.1 Å². The van der Waals surface area contributed by atoms with E-state index in [1.165, 1.54) is 18.4 Å². The lowest BCUT2D eigenvalue weighted by Crippen LogP contribution is -2.79. The number of likely N-dealkylation sites (tertiary alicyclic amines) is 1. The number of hydrogen-bond acceptors (Lipinski definition) is 6. The zero-order valence-electron chi connectivity index (χ0n) is 18.3. The van der Waals surface area contributed by atoms with Crippen LogP contribution in [0.3, 0.4) is 0 Å². The number of carboxylic acid groups (broad SMARTS) is 1. The zero-order chi connectivity index (χ0) is 21.5. The molecule has 2 heterocycles. The van der Waals surface area contributed by atoms with E-state index in [0.29, 0.717) is 5.75 Å². The summed E-state index contributed by atoms with van der Waals surface area (Å²) in [5.41, 5.74) is 1.61. The number of ether oxygens (including phenoxy) is 2. The fourth-order valence-corrected chi connectivity index (χ4v) is 7.43. The predicted octanol–water partition coefficient (Wildman–Crippen LogP) is 2.04. The number of nitrogens with one attached hydrogen (secondary N) is 1. The van der Waals surface area contributed by atoms with Crippen LogP contribution in [0.15, 0.2) is 12.1 Å². The quantitative estimate of drug-likeness (QED) is 0.639. The van der Waals surface area contributed by atoms with E-state index < -0.39 is 12.0 Å². The lowest BCUT2D eigenvalue weighted by molar-refractivity contribution is -0.208. The fourth-order valence-electron chi connectivity index (χ4n) is 7.43. The van der Waals surface area contributed by atoms with Crippen molar-refractivity contribution in [3.63, 3.8) is 0 Å². The summed E-state index contributed by atoms with van der Waals surface area (Å²) < 4.78 is 13.1. The van der Waals surface area contributed by atoms with Crippen LogP contribution in [-0.2, 0) is 21.4 Å². The summed E-state index contributed by atoms with van der Waals surface area (Å²) in [6.45, 7) is 3.81. The van der Waals surface area contributed by atoms with Crippen molar-refractivity contribution in [3.05, 3.63) is 23.3 Å². The van der Waals surface area contributed by atoms with E-state index >= 15 is 0 Å². The van der Waals surface area contributed by atoms with Gasteiger partial charge in [0.25, 0.3) is 0 Å². The highest BCUT2D eigenvalue weighted by molar-refractivity contribution is 5.73. The number of piperidine rings is 1. The molecule has 1 aromatic carbocycles. The molecule has 2 saturated carbocycles. The van der Waals surface area contributed by atoms with E-state index in [4.69, 9.17) is 9.47 Å². The van der Waals surface area contributed by atoms with Crippen molar-refractivity contribution in [2.45, 2.75) is 80.7 Å². The first-order chi connectivity index (χ1) is 14.9. The van der Waals surface area contributed by atoms with Gasteiger partial charge >= 0.3 is 5.97 Å². The van der Waals surface area contributed by atoms with Crippen LogP contribution in [0.5, 0.6) is 11.5 Å². The highest BCUT2D eigenvalue weighted by atomic mass is 16.5. The van der Waals surface area contributed by atoms with Crippen LogP contribution in [0.4, 0.5) is 0 Å². The van der Waals surface area contributed by atoms with Gasteiger partial charge in [0.1, 0.15) is 12.1 Å². The van der Waals surface area contributed by atoms with Crippen molar-refractivity contribution >= 4 is 5.97 Å². The summed E-state index contributed by atoms with van der Waals surface area (Å²) in [7, 11) is 1.84. The normalized spacial score (nSPS) is 39.0. The number of phenolic OH excluding ortho intramolecular Hbond substituents is 1. The van der Waals surface area contributed by atoms with Crippen LogP contribution in [-0.4, -0.2) is 71.1 Å². The molecule has 0 aromatic heterocycles. The third kappa shape index (κ3) is 2.48. The Labute approximate surface area is 182 Å². The standard InChI is InChI=1S/C24H32N2O5/c1-13(22(28)29)25-16-7-8-24(30-2)18-11-15-5-6-17(27)20-19(15)23(24,21(16)31-20)9-10-26(18)12-14-3-4-14/h5-6,13-14,16,18,21,25,27H,3-4,7-12H2,1-2H3,(H,28,29)/t13-,16+,18?,21+,23+,24-/m1/s1. The lowest BCUT2D eigenvalue weighted by atomic mass is 9.48. The molecule has 1 aromatic rings. The van der Waals surface area contributed by atoms with Gasteiger partial charge < -0.3 is 19.7 Å². The average Bonchev–Trinajstić information content (AvgIpc) is 3.50. The molecular weight excluding hydrogens is 396 g/mol. The van der Waals surface area contributed by atoms with Gasteiger partial charge in [0, 0.05) is 31.3 Å². The molecule has 6 atom stereocenters. The molecule has 7 nitrogen and oxygen atoms in total. The van der Waals surface area contributed by atoms with Gasteiger partial charge in [-0.15, -0.1) is 0 Å². The molecule has 3 fully saturated rings. The molecule has 31 heavy (non-hydrogen) atoms. The van der Waals surface area contributed by atoms with Gasteiger partial charge in [0.2, 0.25) is 0 Å². The third-order valence-corrected chi connectivity index (χ3v) is 8.92. The SMILES string of the molecule is CO[C@@]12CC[C@H](N[C@H](C)C(=O)O)[C@@H]3Oc4c(O)ccc5c4[C@@]31CCN(CC1CC1)C2C5. The number of nitrogens with zero attached hydrogens (tertiary/aromatic N) is 1. The average molecular weight is 429 g/mol. The highest BCUT2D eigenvalue weighted by Gasteiger charge is 2.73. The number of rotatable bonds is 6. The summed E-state index contributed by atoms with van der Waals surface area (Å²) >= 11 is 0. The summed E-state index contributed by atoms with van der Waals surface area (Å²) in [6.07, 6.45) is 5.85. The topological polar surface area (TPSA) is 91.3 Å². The molecule has 1 unspecified atom stereocenters. The molecule has 0 amide bonds. The van der Waals surface area contributed by atoms with E-state index in [2.05, 4.69) is 16.3 Å². The molecule has 2 bridgehead atoms. The number of benzene rings is 1. The molecule has 6 rings (SSSR count). The number of methoxy groups -OCH3 is 1. The van der Waals surface area contributed by atoms with Crippen molar-refractivity contribution in [2.24, 2.45) is 5.92 Å². The Morgan fingerprint density at radius 1 is 1.35 bits per heavy atom. The Kier molecular flexibility index (Phi) is 4.22. The van der Waals surface area contributed by atoms with Gasteiger partial charge in [-0.3, -0.25) is 15.0 Å². The fraction of sp³-hybridized carbons (Fsp3) is 0.708. The molecule has 2 aliphatic heterocycles. The van der Waals surface area contributed by atoms with Gasteiger partial charge in [-0.1, -0.05) is 6.07 Å². The molecule has 168 valence electrons.